The third-order valence-electron chi connectivity index (χ3n) is 6.22. The standard InChI is InChI=1S/C22H26ClF3N6O2/c23-20-17(14-28-32(21(20)34)18-6-5-16(13-27-18)22(24,25)26)30-11-9-29(10-12-30)15-19(33)31-7-3-1-2-4-8-31/h5-6,13-14H,1-4,7-12,15H2. The summed E-state index contributed by atoms with van der Waals surface area (Å²) in [5.41, 5.74) is -1.13. The van der Waals surface area contributed by atoms with E-state index in [9.17, 15) is 22.8 Å². The second-order valence-corrected chi connectivity index (χ2v) is 8.90. The third-order valence-corrected chi connectivity index (χ3v) is 6.58. The number of pyridine rings is 1. The molecule has 2 saturated heterocycles. The summed E-state index contributed by atoms with van der Waals surface area (Å²) in [7, 11) is 0. The van der Waals surface area contributed by atoms with Crippen molar-refractivity contribution in [2.45, 2.75) is 31.9 Å². The number of rotatable bonds is 4. The first-order valence-corrected chi connectivity index (χ1v) is 11.7. The van der Waals surface area contributed by atoms with Crippen LogP contribution in [0.2, 0.25) is 5.02 Å². The maximum Gasteiger partial charge on any atom is 0.417 e. The molecule has 0 atom stereocenters. The van der Waals surface area contributed by atoms with Crippen LogP contribution in [-0.2, 0) is 11.0 Å². The Morgan fingerprint density at radius 2 is 1.65 bits per heavy atom. The van der Waals surface area contributed by atoms with Crippen molar-refractivity contribution in [2.24, 2.45) is 0 Å². The smallest absolute Gasteiger partial charge is 0.366 e. The maximum absolute atomic E-state index is 12.8. The van der Waals surface area contributed by atoms with Crippen LogP contribution < -0.4 is 10.5 Å². The van der Waals surface area contributed by atoms with E-state index in [2.05, 4.69) is 15.0 Å². The second-order valence-electron chi connectivity index (χ2n) is 8.52. The average Bonchev–Trinajstić information content (AvgIpc) is 3.11. The van der Waals surface area contributed by atoms with Crippen LogP contribution in [0.5, 0.6) is 0 Å². The Bertz CT molecular complexity index is 1060. The summed E-state index contributed by atoms with van der Waals surface area (Å²) in [5.74, 6) is 0.102. The van der Waals surface area contributed by atoms with Crippen LogP contribution in [0.15, 0.2) is 29.3 Å². The molecule has 0 bridgehead atoms. The molecule has 0 unspecified atom stereocenters. The number of alkyl halides is 3. The zero-order valence-electron chi connectivity index (χ0n) is 18.6. The molecule has 0 N–H and O–H groups in total. The van der Waals surface area contributed by atoms with E-state index in [0.29, 0.717) is 44.6 Å². The molecule has 4 heterocycles. The molecule has 0 saturated carbocycles. The Kier molecular flexibility index (Phi) is 7.42. The highest BCUT2D eigenvalue weighted by Gasteiger charge is 2.31. The fraction of sp³-hybridized carbons (Fsp3) is 0.545. The Hall–Kier alpha value is -2.66. The Labute approximate surface area is 199 Å². The highest BCUT2D eigenvalue weighted by atomic mass is 35.5. The molecule has 2 aliphatic heterocycles. The molecule has 0 radical (unpaired) electrons. The number of amides is 1. The predicted octanol–water partition coefficient (Wildman–Crippen LogP) is 2.82. The second kappa shape index (κ2) is 10.3. The quantitative estimate of drug-likeness (QED) is 0.645. The van der Waals surface area contributed by atoms with Crippen LogP contribution >= 0.6 is 11.6 Å². The molecular formula is C22H26ClF3N6O2. The predicted molar refractivity (Wildman–Crippen MR) is 121 cm³/mol. The first-order chi connectivity index (χ1) is 16.2. The molecule has 2 aromatic heterocycles. The molecule has 4 rings (SSSR count). The number of likely N-dealkylation sites (tertiary alicyclic amines) is 1. The van der Waals surface area contributed by atoms with Gasteiger partial charge in [-0.25, -0.2) is 4.98 Å². The first kappa shape index (κ1) is 24.5. The summed E-state index contributed by atoms with van der Waals surface area (Å²) in [5, 5.41) is 4.00. The Morgan fingerprint density at radius 1 is 0.971 bits per heavy atom. The van der Waals surface area contributed by atoms with Crippen molar-refractivity contribution < 1.29 is 18.0 Å². The SMILES string of the molecule is O=C(CN1CCN(c2cnn(-c3ccc(C(F)(F)F)cn3)c(=O)c2Cl)CC1)N1CCCCCC1. The molecule has 2 aromatic rings. The third kappa shape index (κ3) is 5.52. The van der Waals surface area contributed by atoms with Crippen molar-refractivity contribution in [1.82, 2.24) is 24.6 Å². The maximum atomic E-state index is 12.8. The molecule has 34 heavy (non-hydrogen) atoms. The van der Waals surface area contributed by atoms with Crippen LogP contribution in [0.3, 0.4) is 0 Å². The van der Waals surface area contributed by atoms with Gasteiger partial charge in [0.1, 0.15) is 5.02 Å². The molecule has 0 aliphatic carbocycles. The average molecular weight is 499 g/mol. The van der Waals surface area contributed by atoms with E-state index in [4.69, 9.17) is 11.6 Å². The lowest BCUT2D eigenvalue weighted by Gasteiger charge is -2.36. The van der Waals surface area contributed by atoms with Gasteiger partial charge in [-0.15, -0.1) is 0 Å². The zero-order valence-corrected chi connectivity index (χ0v) is 19.4. The molecule has 8 nitrogen and oxygen atoms in total. The summed E-state index contributed by atoms with van der Waals surface area (Å²) >= 11 is 6.33. The number of halogens is 4. The summed E-state index contributed by atoms with van der Waals surface area (Å²) in [6.45, 7) is 4.43. The molecule has 0 spiro atoms. The minimum Gasteiger partial charge on any atom is -0.366 e. The van der Waals surface area contributed by atoms with E-state index in [1.54, 1.807) is 0 Å². The zero-order chi connectivity index (χ0) is 24.3. The van der Waals surface area contributed by atoms with E-state index >= 15 is 0 Å². The van der Waals surface area contributed by atoms with Gasteiger partial charge in [-0.2, -0.15) is 23.0 Å². The topological polar surface area (TPSA) is 74.6 Å². The number of carbonyl (C=O) groups excluding carboxylic acids is 1. The van der Waals surface area contributed by atoms with Crippen molar-refractivity contribution >= 4 is 23.2 Å². The van der Waals surface area contributed by atoms with Gasteiger partial charge in [0.05, 0.1) is 24.0 Å². The van der Waals surface area contributed by atoms with Crippen molar-refractivity contribution in [2.75, 3.05) is 50.7 Å². The van der Waals surface area contributed by atoms with Gasteiger partial charge >= 0.3 is 6.18 Å². The monoisotopic (exact) mass is 498 g/mol. The molecule has 184 valence electrons. The number of anilines is 1. The molecular weight excluding hydrogens is 473 g/mol. The number of piperazine rings is 1. The summed E-state index contributed by atoms with van der Waals surface area (Å²) < 4.78 is 39.1. The molecule has 0 aromatic carbocycles. The van der Waals surface area contributed by atoms with Crippen LogP contribution in [0.4, 0.5) is 18.9 Å². The highest BCUT2D eigenvalue weighted by Crippen LogP contribution is 2.29. The van der Waals surface area contributed by atoms with E-state index in [0.717, 1.165) is 42.7 Å². The van der Waals surface area contributed by atoms with Crippen molar-refractivity contribution in [3.05, 3.63) is 45.5 Å². The fourth-order valence-corrected chi connectivity index (χ4v) is 4.49. The lowest BCUT2D eigenvalue weighted by Crippen LogP contribution is -2.50. The van der Waals surface area contributed by atoms with Gasteiger partial charge in [-0.1, -0.05) is 24.4 Å². The van der Waals surface area contributed by atoms with Gasteiger partial charge in [0.2, 0.25) is 5.91 Å². The largest absolute Gasteiger partial charge is 0.417 e. The lowest BCUT2D eigenvalue weighted by molar-refractivity contribution is -0.137. The summed E-state index contributed by atoms with van der Waals surface area (Å²) in [6, 6.07) is 1.91. The van der Waals surface area contributed by atoms with Crippen molar-refractivity contribution in [1.29, 1.82) is 0 Å². The molecule has 2 aliphatic rings. The highest BCUT2D eigenvalue weighted by molar-refractivity contribution is 6.33. The minimum atomic E-state index is -4.52. The van der Waals surface area contributed by atoms with Gasteiger partial charge in [0.15, 0.2) is 5.82 Å². The molecule has 12 heteroatoms. The van der Waals surface area contributed by atoms with Crippen LogP contribution in [-0.4, -0.2) is 76.3 Å². The number of hydrogen-bond acceptors (Lipinski definition) is 6. The van der Waals surface area contributed by atoms with E-state index in [1.165, 1.54) is 19.0 Å². The first-order valence-electron chi connectivity index (χ1n) is 11.3. The number of carbonyl (C=O) groups is 1. The van der Waals surface area contributed by atoms with Crippen molar-refractivity contribution in [3.8, 4) is 5.82 Å². The Balaban J connectivity index is 1.39. The van der Waals surface area contributed by atoms with Crippen LogP contribution in [0.25, 0.3) is 5.82 Å². The van der Waals surface area contributed by atoms with Gasteiger partial charge < -0.3 is 9.80 Å². The number of hydrogen-bond donors (Lipinski definition) is 0. The number of nitrogens with zero attached hydrogens (tertiary/aromatic N) is 6. The fourth-order valence-electron chi connectivity index (χ4n) is 4.25. The van der Waals surface area contributed by atoms with Crippen LogP contribution in [0, 0.1) is 0 Å². The van der Waals surface area contributed by atoms with Crippen LogP contribution in [0.1, 0.15) is 31.2 Å². The van der Waals surface area contributed by atoms with Crippen molar-refractivity contribution in [3.63, 3.8) is 0 Å². The molecule has 1 amide bonds. The van der Waals surface area contributed by atoms with E-state index < -0.39 is 17.3 Å². The summed E-state index contributed by atoms with van der Waals surface area (Å²) in [4.78, 5) is 35.1. The lowest BCUT2D eigenvalue weighted by atomic mass is 10.2. The van der Waals surface area contributed by atoms with Gasteiger partial charge in [0.25, 0.3) is 5.56 Å². The van der Waals surface area contributed by atoms with Gasteiger partial charge in [0, 0.05) is 45.5 Å². The molecule has 2 fully saturated rings. The minimum absolute atomic E-state index is 0.0525. The van der Waals surface area contributed by atoms with E-state index in [-0.39, 0.29) is 16.7 Å². The normalized spacial score (nSPS) is 18.1. The summed E-state index contributed by atoms with van der Waals surface area (Å²) in [6.07, 6.45) is 2.00. The van der Waals surface area contributed by atoms with Gasteiger partial charge in [-0.05, 0) is 25.0 Å². The van der Waals surface area contributed by atoms with Gasteiger partial charge in [-0.3, -0.25) is 14.5 Å². The van der Waals surface area contributed by atoms with E-state index in [1.807, 2.05) is 9.80 Å². The number of aromatic nitrogens is 3. The Morgan fingerprint density at radius 3 is 2.24 bits per heavy atom.